The molecule has 1 heterocycles. The zero-order valence-electron chi connectivity index (χ0n) is 11.1. The van der Waals surface area contributed by atoms with E-state index in [9.17, 15) is 4.79 Å². The fourth-order valence-corrected chi connectivity index (χ4v) is 1.92. The Labute approximate surface area is 117 Å². The van der Waals surface area contributed by atoms with Gasteiger partial charge in [0.2, 0.25) is 5.91 Å². The molecule has 0 atom stereocenters. The highest BCUT2D eigenvalue weighted by atomic mass is 16.1. The van der Waals surface area contributed by atoms with Crippen molar-refractivity contribution in [1.29, 1.82) is 0 Å². The Balaban J connectivity index is 1.51. The van der Waals surface area contributed by atoms with Crippen LogP contribution < -0.4 is 10.6 Å². The van der Waals surface area contributed by atoms with Gasteiger partial charge in [-0.1, -0.05) is 12.1 Å². The van der Waals surface area contributed by atoms with Crippen molar-refractivity contribution >= 4 is 11.6 Å². The average molecular weight is 271 g/mol. The van der Waals surface area contributed by atoms with Gasteiger partial charge in [-0.25, -0.2) is 9.67 Å². The molecule has 1 aliphatic carbocycles. The van der Waals surface area contributed by atoms with Crippen molar-refractivity contribution in [1.82, 2.24) is 20.1 Å². The van der Waals surface area contributed by atoms with Crippen LogP contribution in [0.25, 0.3) is 0 Å². The third-order valence-corrected chi connectivity index (χ3v) is 3.18. The first-order chi connectivity index (χ1) is 9.79. The zero-order valence-corrected chi connectivity index (χ0v) is 11.1. The number of rotatable bonds is 6. The molecule has 104 valence electrons. The summed E-state index contributed by atoms with van der Waals surface area (Å²) in [7, 11) is 0. The maximum Gasteiger partial charge on any atom is 0.238 e. The van der Waals surface area contributed by atoms with Crippen LogP contribution >= 0.6 is 0 Å². The summed E-state index contributed by atoms with van der Waals surface area (Å²) in [6, 6.07) is 8.31. The SMILES string of the molecule is O=C(CNC1CC1)Nc1ccc(Cn2cncn2)cc1. The first-order valence-electron chi connectivity index (χ1n) is 6.74. The highest BCUT2D eigenvalue weighted by Crippen LogP contribution is 2.18. The summed E-state index contributed by atoms with van der Waals surface area (Å²) in [5.41, 5.74) is 1.93. The van der Waals surface area contributed by atoms with Crippen LogP contribution in [0, 0.1) is 0 Å². The highest BCUT2D eigenvalue weighted by Gasteiger charge is 2.21. The average Bonchev–Trinajstić information content (AvgIpc) is 3.15. The Kier molecular flexibility index (Phi) is 3.73. The molecule has 1 fully saturated rings. The van der Waals surface area contributed by atoms with E-state index in [-0.39, 0.29) is 5.91 Å². The van der Waals surface area contributed by atoms with Crippen LogP contribution in [0.15, 0.2) is 36.9 Å². The molecule has 20 heavy (non-hydrogen) atoms. The van der Waals surface area contributed by atoms with Gasteiger partial charge in [-0.05, 0) is 30.5 Å². The van der Waals surface area contributed by atoms with Crippen molar-refractivity contribution in [2.75, 3.05) is 11.9 Å². The molecule has 0 bridgehead atoms. The number of nitrogens with zero attached hydrogens (tertiary/aromatic N) is 3. The second-order valence-electron chi connectivity index (χ2n) is 4.99. The highest BCUT2D eigenvalue weighted by molar-refractivity contribution is 5.92. The van der Waals surface area contributed by atoms with E-state index in [2.05, 4.69) is 20.7 Å². The van der Waals surface area contributed by atoms with Crippen LogP contribution in [-0.2, 0) is 11.3 Å². The van der Waals surface area contributed by atoms with Crippen molar-refractivity contribution in [3.63, 3.8) is 0 Å². The Morgan fingerprint density at radius 1 is 1.30 bits per heavy atom. The Bertz CT molecular complexity index is 560. The predicted octanol–water partition coefficient (Wildman–Crippen LogP) is 1.02. The van der Waals surface area contributed by atoms with E-state index in [1.165, 1.54) is 19.2 Å². The molecule has 0 saturated heterocycles. The lowest BCUT2D eigenvalue weighted by atomic mass is 10.2. The molecule has 0 spiro atoms. The molecule has 1 amide bonds. The molecule has 2 N–H and O–H groups in total. The van der Waals surface area contributed by atoms with Crippen LogP contribution in [0.3, 0.4) is 0 Å². The molecular weight excluding hydrogens is 254 g/mol. The second kappa shape index (κ2) is 5.83. The number of anilines is 1. The first kappa shape index (κ1) is 12.8. The molecule has 0 radical (unpaired) electrons. The van der Waals surface area contributed by atoms with Crippen LogP contribution in [0.5, 0.6) is 0 Å². The molecule has 3 rings (SSSR count). The molecule has 1 aromatic carbocycles. The lowest BCUT2D eigenvalue weighted by Crippen LogP contribution is -2.29. The number of carbonyl (C=O) groups excluding carboxylic acids is 1. The van der Waals surface area contributed by atoms with E-state index >= 15 is 0 Å². The Hall–Kier alpha value is -2.21. The number of carbonyl (C=O) groups is 1. The maximum atomic E-state index is 11.7. The van der Waals surface area contributed by atoms with Gasteiger partial charge in [0.25, 0.3) is 0 Å². The van der Waals surface area contributed by atoms with Gasteiger partial charge in [0.1, 0.15) is 12.7 Å². The van der Waals surface area contributed by atoms with Crippen molar-refractivity contribution < 1.29 is 4.79 Å². The van der Waals surface area contributed by atoms with Crippen molar-refractivity contribution in [2.45, 2.75) is 25.4 Å². The standard InChI is InChI=1S/C14H17N5O/c20-14(7-16-12-5-6-12)18-13-3-1-11(2-4-13)8-19-10-15-9-17-19/h1-4,9-10,12,16H,5-8H2,(H,18,20). The van der Waals surface area contributed by atoms with Crippen LogP contribution in [0.4, 0.5) is 5.69 Å². The van der Waals surface area contributed by atoms with Gasteiger partial charge in [0.05, 0.1) is 13.1 Å². The normalized spacial score (nSPS) is 14.2. The first-order valence-corrected chi connectivity index (χ1v) is 6.74. The smallest absolute Gasteiger partial charge is 0.238 e. The minimum absolute atomic E-state index is 0.000858. The van der Waals surface area contributed by atoms with Gasteiger partial charge in [-0.3, -0.25) is 4.79 Å². The van der Waals surface area contributed by atoms with E-state index in [4.69, 9.17) is 0 Å². The molecular formula is C14H17N5O. The van der Waals surface area contributed by atoms with Gasteiger partial charge >= 0.3 is 0 Å². The summed E-state index contributed by atoms with van der Waals surface area (Å²) in [6.45, 7) is 1.06. The van der Waals surface area contributed by atoms with Gasteiger partial charge < -0.3 is 10.6 Å². The lowest BCUT2D eigenvalue weighted by Gasteiger charge is -2.07. The summed E-state index contributed by atoms with van der Waals surface area (Å²) in [5.74, 6) is 0.000858. The largest absolute Gasteiger partial charge is 0.325 e. The molecule has 2 aromatic rings. The van der Waals surface area contributed by atoms with E-state index in [1.807, 2.05) is 24.3 Å². The summed E-state index contributed by atoms with van der Waals surface area (Å²) in [4.78, 5) is 15.6. The molecule has 0 aliphatic heterocycles. The number of amides is 1. The van der Waals surface area contributed by atoms with E-state index in [0.29, 0.717) is 19.1 Å². The predicted molar refractivity (Wildman–Crippen MR) is 75.2 cm³/mol. The van der Waals surface area contributed by atoms with E-state index < -0.39 is 0 Å². The Morgan fingerprint density at radius 3 is 2.75 bits per heavy atom. The molecule has 1 aromatic heterocycles. The van der Waals surface area contributed by atoms with Gasteiger partial charge in [-0.15, -0.1) is 0 Å². The fourth-order valence-electron chi connectivity index (χ4n) is 1.92. The van der Waals surface area contributed by atoms with Crippen molar-refractivity contribution in [3.8, 4) is 0 Å². The van der Waals surface area contributed by atoms with Crippen molar-refractivity contribution in [3.05, 3.63) is 42.5 Å². The molecule has 6 heteroatoms. The topological polar surface area (TPSA) is 71.8 Å². The number of aromatic nitrogens is 3. The summed E-state index contributed by atoms with van der Waals surface area (Å²) < 4.78 is 1.76. The van der Waals surface area contributed by atoms with Crippen molar-refractivity contribution in [2.24, 2.45) is 0 Å². The van der Waals surface area contributed by atoms with Crippen LogP contribution in [0.1, 0.15) is 18.4 Å². The van der Waals surface area contributed by atoms with Crippen LogP contribution in [0.2, 0.25) is 0 Å². The number of benzene rings is 1. The minimum Gasteiger partial charge on any atom is -0.325 e. The number of hydrogen-bond acceptors (Lipinski definition) is 4. The zero-order chi connectivity index (χ0) is 13.8. The third kappa shape index (κ3) is 3.64. The lowest BCUT2D eigenvalue weighted by molar-refractivity contribution is -0.115. The monoisotopic (exact) mass is 271 g/mol. The quantitative estimate of drug-likeness (QED) is 0.822. The third-order valence-electron chi connectivity index (χ3n) is 3.18. The molecule has 0 unspecified atom stereocenters. The van der Waals surface area contributed by atoms with Crippen LogP contribution in [-0.4, -0.2) is 33.3 Å². The maximum absolute atomic E-state index is 11.7. The van der Waals surface area contributed by atoms with Gasteiger partial charge in [0.15, 0.2) is 0 Å². The van der Waals surface area contributed by atoms with E-state index in [0.717, 1.165) is 11.3 Å². The summed E-state index contributed by atoms with van der Waals surface area (Å²) in [5, 5.41) is 10.1. The summed E-state index contributed by atoms with van der Waals surface area (Å²) in [6.07, 6.45) is 5.56. The molecule has 1 saturated carbocycles. The second-order valence-corrected chi connectivity index (χ2v) is 4.99. The fraction of sp³-hybridized carbons (Fsp3) is 0.357. The van der Waals surface area contributed by atoms with Gasteiger partial charge in [0, 0.05) is 11.7 Å². The molecule has 6 nitrogen and oxygen atoms in total. The minimum atomic E-state index is 0.000858. The molecule has 1 aliphatic rings. The van der Waals surface area contributed by atoms with E-state index in [1.54, 1.807) is 11.0 Å². The summed E-state index contributed by atoms with van der Waals surface area (Å²) >= 11 is 0. The number of hydrogen-bond donors (Lipinski definition) is 2. The number of nitrogens with one attached hydrogen (secondary N) is 2. The van der Waals surface area contributed by atoms with Gasteiger partial charge in [-0.2, -0.15) is 5.10 Å². The Morgan fingerprint density at radius 2 is 2.10 bits per heavy atom.